The van der Waals surface area contributed by atoms with Gasteiger partial charge in [0.05, 0.1) is 6.10 Å². The quantitative estimate of drug-likeness (QED) is 0.663. The summed E-state index contributed by atoms with van der Waals surface area (Å²) in [6.07, 6.45) is 14.1. The van der Waals surface area contributed by atoms with Crippen molar-refractivity contribution in [1.82, 2.24) is 5.32 Å². The molecule has 2 rings (SSSR count). The predicted molar refractivity (Wildman–Crippen MR) is 81.5 cm³/mol. The first kappa shape index (κ1) is 15.3. The summed E-state index contributed by atoms with van der Waals surface area (Å²) in [5.41, 5.74) is 0.499. The maximum atomic E-state index is 6.25. The van der Waals surface area contributed by atoms with Gasteiger partial charge < -0.3 is 10.1 Å². The molecule has 0 aromatic carbocycles. The van der Waals surface area contributed by atoms with Crippen molar-refractivity contribution in [3.05, 3.63) is 0 Å². The van der Waals surface area contributed by atoms with Gasteiger partial charge in [0, 0.05) is 18.1 Å². The molecule has 2 aliphatic carbocycles. The van der Waals surface area contributed by atoms with Crippen molar-refractivity contribution >= 4 is 0 Å². The summed E-state index contributed by atoms with van der Waals surface area (Å²) >= 11 is 0. The molecule has 0 amide bonds. The minimum Gasteiger partial charge on any atom is -0.378 e. The van der Waals surface area contributed by atoms with E-state index in [0.717, 1.165) is 19.2 Å². The van der Waals surface area contributed by atoms with Gasteiger partial charge in [-0.1, -0.05) is 52.4 Å². The normalized spacial score (nSPS) is 29.4. The second-order valence-corrected chi connectivity index (χ2v) is 6.56. The van der Waals surface area contributed by atoms with E-state index in [-0.39, 0.29) is 0 Å². The number of hydrogen-bond donors (Lipinski definition) is 1. The van der Waals surface area contributed by atoms with E-state index in [0.29, 0.717) is 11.5 Å². The van der Waals surface area contributed by atoms with Gasteiger partial charge in [0.15, 0.2) is 0 Å². The molecule has 2 unspecified atom stereocenters. The number of nitrogens with one attached hydrogen (secondary N) is 1. The number of hydrogen-bond acceptors (Lipinski definition) is 2. The Kier molecular flexibility index (Phi) is 6.15. The van der Waals surface area contributed by atoms with Gasteiger partial charge in [0.1, 0.15) is 0 Å². The van der Waals surface area contributed by atoms with Crippen molar-refractivity contribution in [2.24, 2.45) is 5.41 Å². The molecule has 19 heavy (non-hydrogen) atoms. The molecule has 0 radical (unpaired) electrons. The number of unbranched alkanes of at least 4 members (excludes halogenated alkanes) is 3. The Balaban J connectivity index is 1.76. The molecule has 0 bridgehead atoms. The van der Waals surface area contributed by atoms with E-state index in [1.54, 1.807) is 0 Å². The predicted octanol–water partition coefficient (Wildman–Crippen LogP) is 4.28. The topological polar surface area (TPSA) is 21.3 Å². The van der Waals surface area contributed by atoms with E-state index in [4.69, 9.17) is 4.74 Å². The first-order valence-electron chi connectivity index (χ1n) is 8.68. The summed E-state index contributed by atoms with van der Waals surface area (Å²) in [6, 6.07) is 0.735. The first-order valence-corrected chi connectivity index (χ1v) is 8.68. The number of ether oxygens (including phenoxy) is 1. The van der Waals surface area contributed by atoms with Crippen LogP contribution < -0.4 is 5.32 Å². The first-order chi connectivity index (χ1) is 9.33. The third-order valence-electron chi connectivity index (χ3n) is 5.34. The number of rotatable bonds is 8. The summed E-state index contributed by atoms with van der Waals surface area (Å²) < 4.78 is 6.25. The second-order valence-electron chi connectivity index (χ2n) is 6.56. The van der Waals surface area contributed by atoms with E-state index in [2.05, 4.69) is 19.2 Å². The van der Waals surface area contributed by atoms with Crippen molar-refractivity contribution in [2.75, 3.05) is 13.2 Å². The highest BCUT2D eigenvalue weighted by Crippen LogP contribution is 2.53. The maximum Gasteiger partial charge on any atom is 0.0661 e. The smallest absolute Gasteiger partial charge is 0.0661 e. The van der Waals surface area contributed by atoms with Crippen LogP contribution in [0.5, 0.6) is 0 Å². The Bertz CT molecular complexity index is 248. The van der Waals surface area contributed by atoms with Crippen molar-refractivity contribution in [3.63, 3.8) is 0 Å². The summed E-state index contributed by atoms with van der Waals surface area (Å²) in [4.78, 5) is 0. The molecular formula is C17H33NO. The molecule has 2 aliphatic rings. The monoisotopic (exact) mass is 267 g/mol. The maximum absolute atomic E-state index is 6.25. The van der Waals surface area contributed by atoms with Crippen LogP contribution >= 0.6 is 0 Å². The molecule has 0 saturated heterocycles. The van der Waals surface area contributed by atoms with E-state index in [1.165, 1.54) is 64.2 Å². The summed E-state index contributed by atoms with van der Waals surface area (Å²) in [5, 5.41) is 3.70. The van der Waals surface area contributed by atoms with Gasteiger partial charge in [-0.25, -0.2) is 0 Å². The molecule has 112 valence electrons. The van der Waals surface area contributed by atoms with E-state index >= 15 is 0 Å². The third-order valence-corrected chi connectivity index (χ3v) is 5.34. The molecule has 1 N–H and O–H groups in total. The van der Waals surface area contributed by atoms with Crippen molar-refractivity contribution in [2.45, 2.75) is 90.2 Å². The molecule has 0 aromatic rings. The second kappa shape index (κ2) is 7.64. The Morgan fingerprint density at radius 3 is 2.53 bits per heavy atom. The average Bonchev–Trinajstić information content (AvgIpc) is 2.46. The van der Waals surface area contributed by atoms with Gasteiger partial charge in [0.2, 0.25) is 0 Å². The SMILES string of the molecule is CCCCCCOC1CC(NCC)C12CCCCC2. The summed E-state index contributed by atoms with van der Waals surface area (Å²) in [5.74, 6) is 0. The Hall–Kier alpha value is -0.0800. The van der Waals surface area contributed by atoms with Crippen LogP contribution in [0.4, 0.5) is 0 Å². The molecular weight excluding hydrogens is 234 g/mol. The zero-order valence-corrected chi connectivity index (χ0v) is 13.0. The molecule has 1 spiro atoms. The molecule has 2 heteroatoms. The standard InChI is InChI=1S/C17H33NO/c1-3-5-6-10-13-19-16-14-15(18-4-2)17(16)11-8-7-9-12-17/h15-16,18H,3-14H2,1-2H3. The Morgan fingerprint density at radius 2 is 1.84 bits per heavy atom. The molecule has 2 saturated carbocycles. The molecule has 0 heterocycles. The lowest BCUT2D eigenvalue weighted by molar-refractivity contribution is -0.152. The fourth-order valence-corrected chi connectivity index (χ4v) is 4.15. The zero-order valence-electron chi connectivity index (χ0n) is 13.0. The minimum atomic E-state index is 0.499. The van der Waals surface area contributed by atoms with Gasteiger partial charge in [-0.05, 0) is 32.2 Å². The third kappa shape index (κ3) is 3.52. The van der Waals surface area contributed by atoms with Crippen LogP contribution in [0, 0.1) is 5.41 Å². The van der Waals surface area contributed by atoms with Gasteiger partial charge in [-0.15, -0.1) is 0 Å². The fraction of sp³-hybridized carbons (Fsp3) is 1.00. The highest BCUT2D eigenvalue weighted by molar-refractivity contribution is 5.08. The minimum absolute atomic E-state index is 0.499. The van der Waals surface area contributed by atoms with E-state index in [9.17, 15) is 0 Å². The summed E-state index contributed by atoms with van der Waals surface area (Å²) in [6.45, 7) is 6.60. The van der Waals surface area contributed by atoms with Crippen LogP contribution in [-0.4, -0.2) is 25.3 Å². The van der Waals surface area contributed by atoms with Crippen LogP contribution in [0.2, 0.25) is 0 Å². The van der Waals surface area contributed by atoms with Crippen molar-refractivity contribution in [3.8, 4) is 0 Å². The zero-order chi connectivity index (χ0) is 13.6. The highest BCUT2D eigenvalue weighted by atomic mass is 16.5. The van der Waals surface area contributed by atoms with Crippen LogP contribution in [0.1, 0.15) is 78.1 Å². The fourth-order valence-electron chi connectivity index (χ4n) is 4.15. The van der Waals surface area contributed by atoms with Crippen LogP contribution in [0.3, 0.4) is 0 Å². The lowest BCUT2D eigenvalue weighted by atomic mass is 9.55. The van der Waals surface area contributed by atoms with Crippen LogP contribution in [-0.2, 0) is 4.74 Å². The average molecular weight is 267 g/mol. The van der Waals surface area contributed by atoms with Gasteiger partial charge in [-0.2, -0.15) is 0 Å². The van der Waals surface area contributed by atoms with Crippen molar-refractivity contribution in [1.29, 1.82) is 0 Å². The van der Waals surface area contributed by atoms with Crippen molar-refractivity contribution < 1.29 is 4.74 Å². The molecule has 2 fully saturated rings. The van der Waals surface area contributed by atoms with Gasteiger partial charge in [-0.3, -0.25) is 0 Å². The Labute approximate surface area is 119 Å². The molecule has 2 nitrogen and oxygen atoms in total. The lowest BCUT2D eigenvalue weighted by Crippen LogP contribution is -2.64. The van der Waals surface area contributed by atoms with Crippen LogP contribution in [0.25, 0.3) is 0 Å². The van der Waals surface area contributed by atoms with E-state index in [1.807, 2.05) is 0 Å². The largest absolute Gasteiger partial charge is 0.378 e. The van der Waals surface area contributed by atoms with E-state index < -0.39 is 0 Å². The summed E-state index contributed by atoms with van der Waals surface area (Å²) in [7, 11) is 0. The van der Waals surface area contributed by atoms with Crippen LogP contribution in [0.15, 0.2) is 0 Å². The molecule has 0 aliphatic heterocycles. The van der Waals surface area contributed by atoms with Gasteiger partial charge >= 0.3 is 0 Å². The lowest BCUT2D eigenvalue weighted by Gasteiger charge is -2.58. The Morgan fingerprint density at radius 1 is 1.05 bits per heavy atom. The van der Waals surface area contributed by atoms with Gasteiger partial charge in [0.25, 0.3) is 0 Å². The molecule has 0 aromatic heterocycles. The highest BCUT2D eigenvalue weighted by Gasteiger charge is 2.55. The molecule has 2 atom stereocenters.